The molecule has 1 aliphatic rings. The molecule has 1 atom stereocenters. The first-order valence-corrected chi connectivity index (χ1v) is 12.6. The highest BCUT2D eigenvalue weighted by atomic mass is 79.9. The molecule has 1 amide bonds. The van der Waals surface area contributed by atoms with Crippen molar-refractivity contribution in [3.8, 4) is 17.5 Å². The Morgan fingerprint density at radius 1 is 1.03 bits per heavy atom. The fourth-order valence-electron chi connectivity index (χ4n) is 4.35. The lowest BCUT2D eigenvalue weighted by Crippen LogP contribution is -2.49. The van der Waals surface area contributed by atoms with Gasteiger partial charge in [0.15, 0.2) is 11.5 Å². The minimum absolute atomic E-state index is 0.0531. The molecule has 5 heterocycles. The summed E-state index contributed by atoms with van der Waals surface area (Å²) in [6.07, 6.45) is 3.07. The van der Waals surface area contributed by atoms with E-state index >= 15 is 0 Å². The third-order valence-electron chi connectivity index (χ3n) is 6.07. The van der Waals surface area contributed by atoms with Crippen molar-refractivity contribution < 1.29 is 18.7 Å². The molecule has 5 aromatic rings. The lowest BCUT2D eigenvalue weighted by molar-refractivity contribution is 0.0568. The summed E-state index contributed by atoms with van der Waals surface area (Å²) in [5.74, 6) is 1.26. The Morgan fingerprint density at radius 3 is 2.43 bits per heavy atom. The highest BCUT2D eigenvalue weighted by Crippen LogP contribution is 2.41. The fraction of sp³-hybridized carbons (Fsp3) is 0.208. The molecule has 6 rings (SSSR count). The van der Waals surface area contributed by atoms with Crippen LogP contribution in [-0.4, -0.2) is 61.6 Å². The predicted molar refractivity (Wildman–Crippen MR) is 132 cm³/mol. The Hall–Kier alpha value is -3.41. The van der Waals surface area contributed by atoms with Crippen LogP contribution in [0.4, 0.5) is 0 Å². The third-order valence-corrected chi connectivity index (χ3v) is 7.68. The average Bonchev–Trinajstić information content (AvgIpc) is 3.68. The number of carbonyl (C=O) groups is 1. The molecule has 0 saturated carbocycles. The van der Waals surface area contributed by atoms with E-state index in [4.69, 9.17) is 8.83 Å². The number of halogens is 1. The summed E-state index contributed by atoms with van der Waals surface area (Å²) in [6.45, 7) is 2.38. The highest BCUT2D eigenvalue weighted by Gasteiger charge is 2.33. The summed E-state index contributed by atoms with van der Waals surface area (Å²) in [5, 5.41) is 15.7. The van der Waals surface area contributed by atoms with E-state index < -0.39 is 0 Å². The van der Waals surface area contributed by atoms with Gasteiger partial charge in [0.25, 0.3) is 5.91 Å². The second kappa shape index (κ2) is 8.99. The zero-order valence-electron chi connectivity index (χ0n) is 18.4. The molecular formula is C24H20BrN5O4S. The molecule has 35 heavy (non-hydrogen) atoms. The van der Waals surface area contributed by atoms with Gasteiger partial charge in [-0.3, -0.25) is 9.69 Å². The van der Waals surface area contributed by atoms with Crippen molar-refractivity contribution in [2.24, 2.45) is 0 Å². The van der Waals surface area contributed by atoms with E-state index in [1.807, 2.05) is 24.3 Å². The highest BCUT2D eigenvalue weighted by molar-refractivity contribution is 9.10. The van der Waals surface area contributed by atoms with Gasteiger partial charge in [0.2, 0.25) is 16.7 Å². The number of piperazine rings is 1. The molecule has 0 aliphatic carbocycles. The number of amides is 1. The number of hydrogen-bond acceptors (Lipinski definition) is 8. The zero-order valence-corrected chi connectivity index (χ0v) is 20.8. The summed E-state index contributed by atoms with van der Waals surface area (Å²) < 4.78 is 13.1. The van der Waals surface area contributed by atoms with E-state index in [1.54, 1.807) is 35.4 Å². The van der Waals surface area contributed by atoms with Crippen molar-refractivity contribution in [3.05, 3.63) is 81.7 Å². The molecule has 0 bridgehead atoms. The Bertz CT molecular complexity index is 1450. The molecule has 1 N–H and O–H groups in total. The van der Waals surface area contributed by atoms with E-state index in [0.717, 1.165) is 14.9 Å². The van der Waals surface area contributed by atoms with Crippen LogP contribution in [-0.2, 0) is 0 Å². The molecule has 1 saturated heterocycles. The van der Waals surface area contributed by atoms with Gasteiger partial charge >= 0.3 is 0 Å². The molecule has 1 fully saturated rings. The van der Waals surface area contributed by atoms with E-state index in [0.29, 0.717) is 48.5 Å². The number of furan rings is 2. The van der Waals surface area contributed by atoms with E-state index in [9.17, 15) is 9.90 Å². The van der Waals surface area contributed by atoms with Gasteiger partial charge in [0.1, 0.15) is 0 Å². The second-order valence-corrected chi connectivity index (χ2v) is 10.1. The number of thiazole rings is 1. The van der Waals surface area contributed by atoms with Crippen molar-refractivity contribution >= 4 is 38.1 Å². The normalized spacial score (nSPS) is 15.6. The molecule has 1 aliphatic heterocycles. The summed E-state index contributed by atoms with van der Waals surface area (Å²) in [7, 11) is 0. The van der Waals surface area contributed by atoms with Gasteiger partial charge in [-0.1, -0.05) is 39.4 Å². The topological polar surface area (TPSA) is 100 Å². The number of aromatic nitrogens is 3. The number of benzene rings is 1. The number of aromatic hydroxyl groups is 1. The summed E-state index contributed by atoms with van der Waals surface area (Å²) in [4.78, 5) is 22.7. The monoisotopic (exact) mass is 553 g/mol. The Labute approximate surface area is 212 Å². The third kappa shape index (κ3) is 4.05. The molecule has 178 valence electrons. The Balaban J connectivity index is 1.32. The largest absolute Gasteiger partial charge is 0.492 e. The van der Waals surface area contributed by atoms with Crippen LogP contribution in [0.25, 0.3) is 16.5 Å². The van der Waals surface area contributed by atoms with Gasteiger partial charge in [-0.25, -0.2) is 0 Å². The standard InChI is InChI=1S/C24H20BrN5O4S/c25-16-7-5-15(6-8-16)19(28-9-11-29(12-10-28)22(31)18-4-2-14-34-18)20-23(32)30-24(35-20)26-21(27-30)17-3-1-13-33-17/h1-8,13-14,19,32H,9-12H2/t19-/m0/s1. The molecule has 0 radical (unpaired) electrons. The maximum Gasteiger partial charge on any atom is 0.289 e. The van der Waals surface area contributed by atoms with Crippen LogP contribution in [0.3, 0.4) is 0 Å². The van der Waals surface area contributed by atoms with Crippen LogP contribution in [0.2, 0.25) is 0 Å². The fourth-order valence-corrected chi connectivity index (χ4v) is 5.73. The van der Waals surface area contributed by atoms with Crippen molar-refractivity contribution in [1.29, 1.82) is 0 Å². The van der Waals surface area contributed by atoms with E-state index in [2.05, 4.69) is 30.9 Å². The zero-order chi connectivity index (χ0) is 23.9. The molecular weight excluding hydrogens is 534 g/mol. The maximum absolute atomic E-state index is 12.7. The first kappa shape index (κ1) is 22.1. The van der Waals surface area contributed by atoms with Crippen LogP contribution in [0, 0.1) is 0 Å². The van der Waals surface area contributed by atoms with Crippen LogP contribution < -0.4 is 0 Å². The Morgan fingerprint density at radius 2 is 1.77 bits per heavy atom. The van der Waals surface area contributed by atoms with Gasteiger partial charge in [-0.05, 0) is 42.0 Å². The number of rotatable bonds is 5. The van der Waals surface area contributed by atoms with E-state index in [1.165, 1.54) is 22.1 Å². The summed E-state index contributed by atoms with van der Waals surface area (Å²) in [6, 6.07) is 14.8. The quantitative estimate of drug-likeness (QED) is 0.337. The maximum atomic E-state index is 12.7. The first-order chi connectivity index (χ1) is 17.1. The lowest BCUT2D eigenvalue weighted by atomic mass is 10.0. The SMILES string of the molecule is O=C(c1ccco1)N1CCN([C@@H](c2ccc(Br)cc2)c2sc3nc(-c4ccco4)nn3c2O)CC1. The van der Waals surface area contributed by atoms with Gasteiger partial charge < -0.3 is 18.8 Å². The summed E-state index contributed by atoms with van der Waals surface area (Å²) >= 11 is 4.90. The van der Waals surface area contributed by atoms with Gasteiger partial charge in [0.05, 0.1) is 23.4 Å². The molecule has 0 unspecified atom stereocenters. The molecule has 11 heteroatoms. The van der Waals surface area contributed by atoms with Gasteiger partial charge in [-0.15, -0.1) is 5.10 Å². The van der Waals surface area contributed by atoms with Crippen molar-refractivity contribution in [1.82, 2.24) is 24.4 Å². The number of nitrogens with zero attached hydrogens (tertiary/aromatic N) is 5. The molecule has 4 aromatic heterocycles. The van der Waals surface area contributed by atoms with Gasteiger partial charge in [-0.2, -0.15) is 9.50 Å². The van der Waals surface area contributed by atoms with E-state index in [-0.39, 0.29) is 17.8 Å². The second-order valence-electron chi connectivity index (χ2n) is 8.16. The lowest BCUT2D eigenvalue weighted by Gasteiger charge is -2.38. The molecule has 0 spiro atoms. The number of hydrogen-bond donors (Lipinski definition) is 1. The number of fused-ring (bicyclic) bond motifs is 1. The van der Waals surface area contributed by atoms with Crippen LogP contribution in [0.15, 0.2) is 74.4 Å². The smallest absolute Gasteiger partial charge is 0.289 e. The number of carbonyl (C=O) groups excluding carboxylic acids is 1. The van der Waals surface area contributed by atoms with Crippen molar-refractivity contribution in [2.75, 3.05) is 26.2 Å². The van der Waals surface area contributed by atoms with Crippen LogP contribution in [0.1, 0.15) is 27.0 Å². The minimum Gasteiger partial charge on any atom is -0.492 e. The van der Waals surface area contributed by atoms with Crippen molar-refractivity contribution in [2.45, 2.75) is 6.04 Å². The molecule has 1 aromatic carbocycles. The predicted octanol–water partition coefficient (Wildman–Crippen LogP) is 4.66. The van der Waals surface area contributed by atoms with Crippen LogP contribution in [0.5, 0.6) is 5.88 Å². The van der Waals surface area contributed by atoms with Crippen molar-refractivity contribution in [3.63, 3.8) is 0 Å². The first-order valence-electron chi connectivity index (χ1n) is 11.0. The molecule has 9 nitrogen and oxygen atoms in total. The average molecular weight is 554 g/mol. The van der Waals surface area contributed by atoms with Gasteiger partial charge in [0, 0.05) is 30.7 Å². The minimum atomic E-state index is -0.218. The Kier molecular flexibility index (Phi) is 5.67. The van der Waals surface area contributed by atoms with Crippen LogP contribution >= 0.6 is 27.3 Å². The summed E-state index contributed by atoms with van der Waals surface area (Å²) in [5.41, 5.74) is 1.03.